The number of nitrogens with one attached hydrogen (secondary N) is 2. The minimum Gasteiger partial charge on any atom is -0.354 e. The molecule has 1 amide bonds. The van der Waals surface area contributed by atoms with Gasteiger partial charge >= 0.3 is 0 Å². The summed E-state index contributed by atoms with van der Waals surface area (Å²) in [6.07, 6.45) is 3.95. The topological polar surface area (TPSA) is 66.9 Å². The first-order valence-electron chi connectivity index (χ1n) is 8.18. The minimum atomic E-state index is -0.221. The van der Waals surface area contributed by atoms with Crippen LogP contribution in [0.5, 0.6) is 0 Å². The molecule has 2 N–H and O–H groups in total. The lowest BCUT2D eigenvalue weighted by Gasteiger charge is -2.07. The molecule has 0 saturated heterocycles. The van der Waals surface area contributed by atoms with Crippen molar-refractivity contribution in [3.05, 3.63) is 83.7 Å². The average Bonchev–Trinajstić information content (AvgIpc) is 2.63. The largest absolute Gasteiger partial charge is 0.354 e. The van der Waals surface area contributed by atoms with Crippen LogP contribution in [0.25, 0.3) is 0 Å². The first kappa shape index (κ1) is 16.6. The van der Waals surface area contributed by atoms with Gasteiger partial charge in [-0.1, -0.05) is 42.5 Å². The average molecular weight is 332 g/mol. The van der Waals surface area contributed by atoms with Gasteiger partial charge < -0.3 is 10.6 Å². The van der Waals surface area contributed by atoms with E-state index in [0.717, 1.165) is 24.2 Å². The number of benzene rings is 2. The van der Waals surface area contributed by atoms with Crippen LogP contribution in [0.1, 0.15) is 21.5 Å². The molecule has 126 valence electrons. The predicted molar refractivity (Wildman–Crippen MR) is 99.8 cm³/mol. The highest BCUT2D eigenvalue weighted by atomic mass is 16.1. The van der Waals surface area contributed by atoms with Gasteiger partial charge in [0.25, 0.3) is 5.91 Å². The summed E-state index contributed by atoms with van der Waals surface area (Å²) in [4.78, 5) is 20.6. The van der Waals surface area contributed by atoms with E-state index in [1.165, 1.54) is 18.0 Å². The van der Waals surface area contributed by atoms with Crippen molar-refractivity contribution in [3.8, 4) is 0 Å². The molecule has 1 heterocycles. The molecule has 25 heavy (non-hydrogen) atoms. The Kier molecular flexibility index (Phi) is 5.36. The van der Waals surface area contributed by atoms with Gasteiger partial charge in [-0.05, 0) is 36.6 Å². The quantitative estimate of drug-likeness (QED) is 0.722. The third-order valence-electron chi connectivity index (χ3n) is 3.73. The molecule has 5 nitrogen and oxygen atoms in total. The Labute approximate surface area is 147 Å². The van der Waals surface area contributed by atoms with Crippen LogP contribution in [0.15, 0.2) is 67.0 Å². The zero-order chi connectivity index (χ0) is 17.5. The number of anilines is 2. The molecular formula is C20H20N4O. The molecule has 3 rings (SSSR count). The Hall–Kier alpha value is -3.21. The second kappa shape index (κ2) is 8.06. The smallest absolute Gasteiger partial charge is 0.258 e. The molecule has 0 spiro atoms. The van der Waals surface area contributed by atoms with Crippen molar-refractivity contribution in [2.24, 2.45) is 0 Å². The molecule has 0 aliphatic heterocycles. The van der Waals surface area contributed by atoms with Gasteiger partial charge in [0.2, 0.25) is 5.95 Å². The van der Waals surface area contributed by atoms with Crippen LogP contribution in [0.4, 0.5) is 11.6 Å². The van der Waals surface area contributed by atoms with Gasteiger partial charge in [0, 0.05) is 24.6 Å². The van der Waals surface area contributed by atoms with Crippen molar-refractivity contribution in [2.75, 3.05) is 17.2 Å². The molecule has 0 aliphatic rings. The lowest BCUT2D eigenvalue weighted by molar-refractivity contribution is 0.102. The third kappa shape index (κ3) is 4.88. The normalized spacial score (nSPS) is 10.3. The van der Waals surface area contributed by atoms with Crippen LogP contribution < -0.4 is 10.6 Å². The van der Waals surface area contributed by atoms with E-state index >= 15 is 0 Å². The van der Waals surface area contributed by atoms with Crippen molar-refractivity contribution in [1.82, 2.24) is 9.97 Å². The fourth-order valence-corrected chi connectivity index (χ4v) is 2.43. The highest BCUT2D eigenvalue weighted by Gasteiger charge is 2.07. The number of amides is 1. The number of carbonyl (C=O) groups is 1. The van der Waals surface area contributed by atoms with E-state index in [1.807, 2.05) is 49.4 Å². The van der Waals surface area contributed by atoms with Crippen LogP contribution in [0, 0.1) is 6.92 Å². The Balaban J connectivity index is 1.53. The Morgan fingerprint density at radius 1 is 1.00 bits per heavy atom. The number of hydrogen-bond donors (Lipinski definition) is 2. The van der Waals surface area contributed by atoms with Crippen molar-refractivity contribution in [1.29, 1.82) is 0 Å². The van der Waals surface area contributed by atoms with Crippen molar-refractivity contribution in [3.63, 3.8) is 0 Å². The summed E-state index contributed by atoms with van der Waals surface area (Å²) in [5.74, 6) is 0.296. The van der Waals surface area contributed by atoms with Crippen LogP contribution >= 0.6 is 0 Å². The maximum Gasteiger partial charge on any atom is 0.258 e. The Morgan fingerprint density at radius 3 is 2.48 bits per heavy atom. The summed E-state index contributed by atoms with van der Waals surface area (Å²) in [6.45, 7) is 2.72. The molecule has 0 aliphatic carbocycles. The van der Waals surface area contributed by atoms with E-state index in [0.29, 0.717) is 11.5 Å². The number of rotatable bonds is 6. The van der Waals surface area contributed by atoms with Gasteiger partial charge in [0.15, 0.2) is 0 Å². The molecule has 3 aromatic rings. The van der Waals surface area contributed by atoms with E-state index in [-0.39, 0.29) is 5.91 Å². The van der Waals surface area contributed by atoms with Crippen molar-refractivity contribution >= 4 is 17.5 Å². The number of hydrogen-bond acceptors (Lipinski definition) is 4. The molecule has 0 saturated carbocycles. The summed E-state index contributed by atoms with van der Waals surface area (Å²) in [5, 5.41) is 6.01. The van der Waals surface area contributed by atoms with Crippen LogP contribution in [-0.2, 0) is 6.42 Å². The third-order valence-corrected chi connectivity index (χ3v) is 3.73. The molecule has 1 aromatic heterocycles. The van der Waals surface area contributed by atoms with Crippen molar-refractivity contribution < 1.29 is 4.79 Å². The zero-order valence-electron chi connectivity index (χ0n) is 14.1. The zero-order valence-corrected chi connectivity index (χ0v) is 14.1. The highest BCUT2D eigenvalue weighted by Crippen LogP contribution is 2.11. The second-order valence-corrected chi connectivity index (χ2v) is 5.78. The van der Waals surface area contributed by atoms with Gasteiger partial charge in [0.1, 0.15) is 0 Å². The summed E-state index contributed by atoms with van der Waals surface area (Å²) in [7, 11) is 0. The van der Waals surface area contributed by atoms with Gasteiger partial charge in [-0.2, -0.15) is 0 Å². The maximum atomic E-state index is 12.2. The van der Waals surface area contributed by atoms with Crippen molar-refractivity contribution in [2.45, 2.75) is 13.3 Å². The number of aryl methyl sites for hydroxylation is 1. The monoisotopic (exact) mass is 332 g/mol. The molecule has 0 bridgehead atoms. The molecule has 0 atom stereocenters. The predicted octanol–water partition coefficient (Wildman–Crippen LogP) is 3.69. The van der Waals surface area contributed by atoms with Crippen LogP contribution in [0.2, 0.25) is 0 Å². The highest BCUT2D eigenvalue weighted by molar-refractivity contribution is 6.03. The lowest BCUT2D eigenvalue weighted by Crippen LogP contribution is -2.14. The van der Waals surface area contributed by atoms with Crippen LogP contribution in [0.3, 0.4) is 0 Å². The standard InChI is InChI=1S/C20H20N4O/c1-15-6-5-9-18(12-15)24-19(25)17-13-22-20(23-14-17)21-11-10-16-7-3-2-4-8-16/h2-9,12-14H,10-11H2,1H3,(H,24,25)(H,21,22,23). The van der Waals surface area contributed by atoms with Gasteiger partial charge in [-0.15, -0.1) is 0 Å². The first-order valence-corrected chi connectivity index (χ1v) is 8.18. The number of carbonyl (C=O) groups excluding carboxylic acids is 1. The van der Waals surface area contributed by atoms with E-state index in [4.69, 9.17) is 0 Å². The SMILES string of the molecule is Cc1cccc(NC(=O)c2cnc(NCCc3ccccc3)nc2)c1. The van der Waals surface area contributed by atoms with Gasteiger partial charge in [-0.3, -0.25) is 4.79 Å². The summed E-state index contributed by atoms with van der Waals surface area (Å²) in [6, 6.07) is 17.9. The molecule has 0 fully saturated rings. The lowest BCUT2D eigenvalue weighted by atomic mass is 10.1. The van der Waals surface area contributed by atoms with E-state index in [9.17, 15) is 4.79 Å². The van der Waals surface area contributed by atoms with E-state index < -0.39 is 0 Å². The molecule has 5 heteroatoms. The first-order chi connectivity index (χ1) is 12.2. The fraction of sp³-hybridized carbons (Fsp3) is 0.150. The van der Waals surface area contributed by atoms with Gasteiger partial charge in [0.05, 0.1) is 5.56 Å². The molecule has 2 aromatic carbocycles. The summed E-state index contributed by atoms with van der Waals surface area (Å²) < 4.78 is 0. The fourth-order valence-electron chi connectivity index (χ4n) is 2.43. The van der Waals surface area contributed by atoms with Gasteiger partial charge in [-0.25, -0.2) is 9.97 Å². The Bertz CT molecular complexity index is 832. The summed E-state index contributed by atoms with van der Waals surface area (Å²) in [5.41, 5.74) is 3.53. The molecule has 0 radical (unpaired) electrons. The number of nitrogens with zero attached hydrogens (tertiary/aromatic N) is 2. The minimum absolute atomic E-state index is 0.221. The molecule has 0 unspecified atom stereocenters. The van der Waals surface area contributed by atoms with E-state index in [1.54, 1.807) is 0 Å². The summed E-state index contributed by atoms with van der Waals surface area (Å²) >= 11 is 0. The maximum absolute atomic E-state index is 12.2. The van der Waals surface area contributed by atoms with Crippen LogP contribution in [-0.4, -0.2) is 22.4 Å². The molecular weight excluding hydrogens is 312 g/mol. The Morgan fingerprint density at radius 2 is 1.76 bits per heavy atom. The number of aromatic nitrogens is 2. The second-order valence-electron chi connectivity index (χ2n) is 5.78. The van der Waals surface area contributed by atoms with E-state index in [2.05, 4.69) is 32.7 Å².